The lowest BCUT2D eigenvalue weighted by Crippen LogP contribution is -2.12. The van der Waals surface area contributed by atoms with Crippen LogP contribution in [0.3, 0.4) is 0 Å². The quantitative estimate of drug-likeness (QED) is 0.634. The number of aromatic amines is 1. The molecule has 1 N–H and O–H groups in total. The maximum Gasteiger partial charge on any atom is 0.433 e. The zero-order valence-electron chi connectivity index (χ0n) is 13.0. The summed E-state index contributed by atoms with van der Waals surface area (Å²) in [6, 6.07) is 7.00. The molecule has 3 aromatic rings. The van der Waals surface area contributed by atoms with Gasteiger partial charge < -0.3 is 4.74 Å². The number of aromatic nitrogens is 3. The molecule has 0 aliphatic carbocycles. The van der Waals surface area contributed by atoms with Gasteiger partial charge in [-0.25, -0.2) is 9.78 Å². The molecule has 0 saturated heterocycles. The number of alkyl halides is 3. The molecule has 0 spiro atoms. The van der Waals surface area contributed by atoms with Gasteiger partial charge in [0, 0.05) is 28.0 Å². The first-order chi connectivity index (χ1) is 12.3. The van der Waals surface area contributed by atoms with Crippen molar-refractivity contribution in [3.63, 3.8) is 0 Å². The van der Waals surface area contributed by atoms with E-state index in [0.717, 1.165) is 11.8 Å². The van der Waals surface area contributed by atoms with Crippen LogP contribution in [0.1, 0.15) is 21.7 Å². The van der Waals surface area contributed by atoms with Crippen LogP contribution in [-0.2, 0) is 17.3 Å². The van der Waals surface area contributed by atoms with Crippen LogP contribution in [0.15, 0.2) is 35.8 Å². The lowest BCUT2D eigenvalue weighted by atomic mass is 10.2. The van der Waals surface area contributed by atoms with Crippen molar-refractivity contribution in [3.8, 4) is 10.6 Å². The number of nitrogens with zero attached hydrogens (tertiary/aromatic N) is 2. The van der Waals surface area contributed by atoms with Crippen LogP contribution in [0.4, 0.5) is 13.2 Å². The van der Waals surface area contributed by atoms with Crippen LogP contribution in [0, 0.1) is 0 Å². The van der Waals surface area contributed by atoms with Gasteiger partial charge in [0.1, 0.15) is 10.7 Å². The van der Waals surface area contributed by atoms with E-state index < -0.39 is 17.8 Å². The van der Waals surface area contributed by atoms with Gasteiger partial charge in [-0.1, -0.05) is 23.7 Å². The number of hydrogen-bond donors (Lipinski definition) is 1. The van der Waals surface area contributed by atoms with E-state index in [2.05, 4.69) is 10.1 Å². The lowest BCUT2D eigenvalue weighted by molar-refractivity contribution is -0.141. The Morgan fingerprint density at radius 3 is 2.88 bits per heavy atom. The van der Waals surface area contributed by atoms with E-state index in [1.165, 1.54) is 16.7 Å². The predicted molar refractivity (Wildman–Crippen MR) is 90.1 cm³/mol. The largest absolute Gasteiger partial charge is 0.461 e. The molecule has 2 heterocycles. The lowest BCUT2D eigenvalue weighted by Gasteiger charge is -2.07. The van der Waals surface area contributed by atoms with Crippen molar-refractivity contribution in [1.82, 2.24) is 15.2 Å². The standard InChI is InChI=1S/C16H11ClF3N3O2S/c17-11-3-1-2-9(6-11)14-22-12(8-26-14)15(24)25-5-4-10-7-21-23-13(10)16(18,19)20/h1-3,6-8H,4-5H2,(H,21,23). The highest BCUT2D eigenvalue weighted by Crippen LogP contribution is 2.30. The van der Waals surface area contributed by atoms with E-state index in [1.807, 2.05) is 5.10 Å². The second-order valence-electron chi connectivity index (χ2n) is 5.20. The summed E-state index contributed by atoms with van der Waals surface area (Å²) in [6.07, 6.45) is -3.57. The molecular formula is C16H11ClF3N3O2S. The Kier molecular flexibility index (Phi) is 5.28. The van der Waals surface area contributed by atoms with Crippen LogP contribution >= 0.6 is 22.9 Å². The Labute approximate surface area is 154 Å². The normalized spacial score (nSPS) is 11.5. The Bertz CT molecular complexity index is 923. The van der Waals surface area contributed by atoms with E-state index in [4.69, 9.17) is 16.3 Å². The number of carbonyl (C=O) groups is 1. The summed E-state index contributed by atoms with van der Waals surface area (Å²) in [7, 11) is 0. The monoisotopic (exact) mass is 401 g/mol. The van der Waals surface area contributed by atoms with Crippen molar-refractivity contribution in [2.45, 2.75) is 12.6 Å². The van der Waals surface area contributed by atoms with Crippen LogP contribution in [0.2, 0.25) is 5.02 Å². The zero-order chi connectivity index (χ0) is 18.7. The molecule has 3 rings (SSSR count). The molecule has 5 nitrogen and oxygen atoms in total. The highest BCUT2D eigenvalue weighted by molar-refractivity contribution is 7.13. The SMILES string of the molecule is O=C(OCCc1cn[nH]c1C(F)(F)F)c1csc(-c2cccc(Cl)c2)n1. The second kappa shape index (κ2) is 7.46. The number of nitrogens with one attached hydrogen (secondary N) is 1. The predicted octanol–water partition coefficient (Wildman–Crippen LogP) is 4.60. The summed E-state index contributed by atoms with van der Waals surface area (Å²) < 4.78 is 43.2. The first-order valence-electron chi connectivity index (χ1n) is 7.32. The summed E-state index contributed by atoms with van der Waals surface area (Å²) in [4.78, 5) is 16.2. The highest BCUT2D eigenvalue weighted by Gasteiger charge is 2.35. The summed E-state index contributed by atoms with van der Waals surface area (Å²) in [5.74, 6) is -0.702. The minimum Gasteiger partial charge on any atom is -0.461 e. The van der Waals surface area contributed by atoms with E-state index in [9.17, 15) is 18.0 Å². The molecular weight excluding hydrogens is 391 g/mol. The topological polar surface area (TPSA) is 67.9 Å². The maximum absolute atomic E-state index is 12.7. The second-order valence-corrected chi connectivity index (χ2v) is 6.50. The van der Waals surface area contributed by atoms with Gasteiger partial charge in [0.25, 0.3) is 0 Å². The van der Waals surface area contributed by atoms with E-state index in [-0.39, 0.29) is 24.3 Å². The smallest absolute Gasteiger partial charge is 0.433 e. The van der Waals surface area contributed by atoms with Gasteiger partial charge in [-0.3, -0.25) is 5.10 Å². The average Bonchev–Trinajstić information content (AvgIpc) is 3.24. The summed E-state index contributed by atoms with van der Waals surface area (Å²) in [6.45, 7) is -0.217. The van der Waals surface area contributed by atoms with E-state index in [0.29, 0.717) is 10.0 Å². The Morgan fingerprint density at radius 1 is 1.35 bits per heavy atom. The van der Waals surface area contributed by atoms with Gasteiger partial charge in [-0.2, -0.15) is 18.3 Å². The fraction of sp³-hybridized carbons (Fsp3) is 0.188. The minimum atomic E-state index is -4.53. The molecule has 0 atom stereocenters. The van der Waals surface area contributed by atoms with Crippen LogP contribution in [0.25, 0.3) is 10.6 Å². The Balaban J connectivity index is 1.61. The zero-order valence-corrected chi connectivity index (χ0v) is 14.6. The number of carbonyl (C=O) groups excluding carboxylic acids is 1. The van der Waals surface area contributed by atoms with Crippen LogP contribution < -0.4 is 0 Å². The molecule has 0 aliphatic heterocycles. The van der Waals surface area contributed by atoms with Crippen LogP contribution in [0.5, 0.6) is 0 Å². The number of rotatable bonds is 5. The van der Waals surface area contributed by atoms with Gasteiger partial charge in [0.2, 0.25) is 0 Å². The first-order valence-corrected chi connectivity index (χ1v) is 8.58. The number of thiazole rings is 1. The molecule has 0 bridgehead atoms. The van der Waals surface area contributed by atoms with Gasteiger partial charge >= 0.3 is 12.1 Å². The molecule has 26 heavy (non-hydrogen) atoms. The molecule has 0 aliphatic rings. The number of H-pyrrole nitrogens is 1. The maximum atomic E-state index is 12.7. The van der Waals surface area contributed by atoms with E-state index in [1.54, 1.807) is 24.3 Å². The molecule has 0 unspecified atom stereocenters. The number of benzene rings is 1. The van der Waals surface area contributed by atoms with Crippen molar-refractivity contribution >= 4 is 28.9 Å². The molecule has 0 saturated carbocycles. The van der Waals surface area contributed by atoms with Crippen molar-refractivity contribution in [2.75, 3.05) is 6.61 Å². The third-order valence-electron chi connectivity index (χ3n) is 3.39. The fourth-order valence-electron chi connectivity index (χ4n) is 2.20. The van der Waals surface area contributed by atoms with Gasteiger partial charge in [0.15, 0.2) is 5.69 Å². The van der Waals surface area contributed by atoms with Gasteiger partial charge in [0.05, 0.1) is 12.8 Å². The number of esters is 1. The summed E-state index contributed by atoms with van der Waals surface area (Å²) >= 11 is 7.17. The minimum absolute atomic E-state index is 0.0665. The van der Waals surface area contributed by atoms with Crippen molar-refractivity contribution < 1.29 is 22.7 Å². The van der Waals surface area contributed by atoms with Crippen molar-refractivity contribution in [1.29, 1.82) is 0 Å². The van der Waals surface area contributed by atoms with Crippen molar-refractivity contribution in [3.05, 3.63) is 57.8 Å². The average molecular weight is 402 g/mol. The van der Waals surface area contributed by atoms with Gasteiger partial charge in [-0.05, 0) is 12.1 Å². The number of halogens is 4. The van der Waals surface area contributed by atoms with E-state index >= 15 is 0 Å². The summed E-state index contributed by atoms with van der Waals surface area (Å²) in [5, 5.41) is 7.95. The third-order valence-corrected chi connectivity index (χ3v) is 4.52. The Hall–Kier alpha value is -2.39. The molecule has 1 aromatic carbocycles. The van der Waals surface area contributed by atoms with Crippen LogP contribution in [-0.4, -0.2) is 27.8 Å². The summed E-state index contributed by atoms with van der Waals surface area (Å²) in [5.41, 5.74) is -0.156. The molecule has 0 radical (unpaired) electrons. The van der Waals surface area contributed by atoms with Crippen molar-refractivity contribution in [2.24, 2.45) is 0 Å². The highest BCUT2D eigenvalue weighted by atomic mass is 35.5. The first kappa shape index (κ1) is 18.4. The molecule has 0 fully saturated rings. The fourth-order valence-corrected chi connectivity index (χ4v) is 3.17. The molecule has 10 heteroatoms. The Morgan fingerprint density at radius 2 is 2.15 bits per heavy atom. The number of hydrogen-bond acceptors (Lipinski definition) is 5. The molecule has 0 amide bonds. The van der Waals surface area contributed by atoms with Gasteiger partial charge in [-0.15, -0.1) is 11.3 Å². The molecule has 136 valence electrons. The third kappa shape index (κ3) is 4.23. The molecule has 2 aromatic heterocycles. The number of ether oxygens (including phenoxy) is 1.